The van der Waals surface area contributed by atoms with Crippen LogP contribution in [0.2, 0.25) is 0 Å². The average molecular weight is 380 g/mol. The monoisotopic (exact) mass is 380 g/mol. The predicted octanol–water partition coefficient (Wildman–Crippen LogP) is 1.29. The van der Waals surface area contributed by atoms with Crippen molar-refractivity contribution in [3.63, 3.8) is 0 Å². The first kappa shape index (κ1) is 22.3. The second kappa shape index (κ2) is 11.1. The van der Waals surface area contributed by atoms with Gasteiger partial charge in [-0.1, -0.05) is 19.1 Å². The average Bonchev–Trinajstić information content (AvgIpc) is 2.63. The SMILES string of the molecule is CCC(=O)CC[C@@H](NC(=O)[C@H](Cc1cccc(F)c1)NC(C)=O)C(=O)OC. The van der Waals surface area contributed by atoms with Crippen molar-refractivity contribution in [3.8, 4) is 0 Å². The Morgan fingerprint density at radius 1 is 1.15 bits per heavy atom. The molecule has 0 fully saturated rings. The van der Waals surface area contributed by atoms with Gasteiger partial charge >= 0.3 is 5.97 Å². The number of Topliss-reactive ketones (excluding diaryl/α,β-unsaturated/α-hetero) is 1. The van der Waals surface area contributed by atoms with E-state index in [1.165, 1.54) is 32.2 Å². The Balaban J connectivity index is 2.88. The number of halogens is 1. The molecule has 0 unspecified atom stereocenters. The molecule has 1 aromatic carbocycles. The summed E-state index contributed by atoms with van der Waals surface area (Å²) >= 11 is 0. The molecule has 8 heteroatoms. The van der Waals surface area contributed by atoms with Crippen molar-refractivity contribution in [3.05, 3.63) is 35.6 Å². The van der Waals surface area contributed by atoms with Gasteiger partial charge in [-0.25, -0.2) is 9.18 Å². The predicted molar refractivity (Wildman–Crippen MR) is 96.2 cm³/mol. The molecule has 0 aromatic heterocycles. The fraction of sp³-hybridized carbons (Fsp3) is 0.474. The number of ether oxygens (including phenoxy) is 1. The van der Waals surface area contributed by atoms with E-state index in [0.717, 1.165) is 0 Å². The van der Waals surface area contributed by atoms with Crippen molar-refractivity contribution >= 4 is 23.6 Å². The van der Waals surface area contributed by atoms with Gasteiger partial charge in [0.2, 0.25) is 11.8 Å². The van der Waals surface area contributed by atoms with E-state index in [4.69, 9.17) is 0 Å². The number of amides is 2. The molecular formula is C19H25FN2O5. The van der Waals surface area contributed by atoms with Crippen LogP contribution < -0.4 is 10.6 Å². The van der Waals surface area contributed by atoms with Crippen LogP contribution in [0.15, 0.2) is 24.3 Å². The molecule has 1 aromatic rings. The molecule has 0 heterocycles. The number of ketones is 1. The van der Waals surface area contributed by atoms with E-state index in [0.29, 0.717) is 12.0 Å². The maximum atomic E-state index is 13.4. The Bertz CT molecular complexity index is 692. The van der Waals surface area contributed by atoms with Crippen LogP contribution in [0.5, 0.6) is 0 Å². The van der Waals surface area contributed by atoms with Crippen molar-refractivity contribution in [2.24, 2.45) is 0 Å². The Kier molecular flexibility index (Phi) is 9.12. The van der Waals surface area contributed by atoms with Crippen molar-refractivity contribution < 1.29 is 28.3 Å². The second-order valence-electron chi connectivity index (χ2n) is 6.10. The number of methoxy groups -OCH3 is 1. The van der Waals surface area contributed by atoms with E-state index in [-0.39, 0.29) is 25.0 Å². The molecule has 0 aliphatic rings. The Morgan fingerprint density at radius 3 is 2.41 bits per heavy atom. The summed E-state index contributed by atoms with van der Waals surface area (Å²) in [6.07, 6.45) is 0.587. The fourth-order valence-corrected chi connectivity index (χ4v) is 2.50. The highest BCUT2D eigenvalue weighted by atomic mass is 19.1. The van der Waals surface area contributed by atoms with Gasteiger partial charge in [-0.15, -0.1) is 0 Å². The van der Waals surface area contributed by atoms with Crippen molar-refractivity contribution in [2.45, 2.75) is 51.6 Å². The third kappa shape index (κ3) is 7.98. The number of carbonyl (C=O) groups excluding carboxylic acids is 4. The molecule has 0 aliphatic heterocycles. The normalized spacial score (nSPS) is 12.6. The molecule has 0 spiro atoms. The minimum Gasteiger partial charge on any atom is -0.467 e. The van der Waals surface area contributed by atoms with Crippen LogP contribution in [0.3, 0.4) is 0 Å². The molecule has 0 saturated heterocycles. The van der Waals surface area contributed by atoms with E-state index in [1.807, 2.05) is 0 Å². The summed E-state index contributed by atoms with van der Waals surface area (Å²) in [5, 5.41) is 5.01. The van der Waals surface area contributed by atoms with Crippen LogP contribution in [-0.2, 0) is 30.3 Å². The molecule has 148 valence electrons. The Morgan fingerprint density at radius 2 is 1.85 bits per heavy atom. The number of rotatable bonds is 10. The summed E-state index contributed by atoms with van der Waals surface area (Å²) in [7, 11) is 1.18. The van der Waals surface area contributed by atoms with Crippen LogP contribution in [0.25, 0.3) is 0 Å². The standard InChI is InChI=1S/C19H25FN2O5/c1-4-15(24)8-9-16(19(26)27-3)22-18(25)17(21-12(2)23)11-13-6-5-7-14(20)10-13/h5-7,10,16-17H,4,8-9,11H2,1-3H3,(H,21,23)(H,22,25)/t16-,17+/m1/s1. The van der Waals surface area contributed by atoms with E-state index in [2.05, 4.69) is 15.4 Å². The van der Waals surface area contributed by atoms with E-state index < -0.39 is 35.7 Å². The molecule has 0 saturated carbocycles. The molecule has 1 rings (SSSR count). The van der Waals surface area contributed by atoms with Gasteiger partial charge in [-0.05, 0) is 24.1 Å². The molecule has 0 aliphatic carbocycles. The third-order valence-corrected chi connectivity index (χ3v) is 3.93. The first-order chi connectivity index (χ1) is 12.8. The maximum Gasteiger partial charge on any atom is 0.328 e. The van der Waals surface area contributed by atoms with Crippen LogP contribution in [-0.4, -0.2) is 42.8 Å². The Hall–Kier alpha value is -2.77. The summed E-state index contributed by atoms with van der Waals surface area (Å²) in [6.45, 7) is 2.96. The van der Waals surface area contributed by atoms with Crippen molar-refractivity contribution in [1.82, 2.24) is 10.6 Å². The summed E-state index contributed by atoms with van der Waals surface area (Å²) in [4.78, 5) is 47.5. The molecule has 2 N–H and O–H groups in total. The topological polar surface area (TPSA) is 102 Å². The van der Waals surface area contributed by atoms with Crippen molar-refractivity contribution in [1.29, 1.82) is 0 Å². The molecule has 0 bridgehead atoms. The number of benzene rings is 1. The molecule has 0 radical (unpaired) electrons. The van der Waals surface area contributed by atoms with Crippen molar-refractivity contribution in [2.75, 3.05) is 7.11 Å². The lowest BCUT2D eigenvalue weighted by molar-refractivity contribution is -0.145. The van der Waals surface area contributed by atoms with Crippen LogP contribution in [0, 0.1) is 5.82 Å². The third-order valence-electron chi connectivity index (χ3n) is 3.93. The van der Waals surface area contributed by atoms with Gasteiger partial charge in [0.05, 0.1) is 7.11 Å². The number of hydrogen-bond acceptors (Lipinski definition) is 5. The van der Waals surface area contributed by atoms with Gasteiger partial charge < -0.3 is 15.4 Å². The lowest BCUT2D eigenvalue weighted by Crippen LogP contribution is -2.52. The smallest absolute Gasteiger partial charge is 0.328 e. The zero-order valence-electron chi connectivity index (χ0n) is 15.7. The lowest BCUT2D eigenvalue weighted by Gasteiger charge is -2.22. The highest BCUT2D eigenvalue weighted by Gasteiger charge is 2.27. The highest BCUT2D eigenvalue weighted by Crippen LogP contribution is 2.09. The lowest BCUT2D eigenvalue weighted by atomic mass is 10.0. The molecule has 2 atom stereocenters. The van der Waals surface area contributed by atoms with Crippen LogP contribution in [0.1, 0.15) is 38.7 Å². The molecule has 27 heavy (non-hydrogen) atoms. The zero-order chi connectivity index (χ0) is 20.4. The summed E-state index contributed by atoms with van der Waals surface area (Å²) < 4.78 is 18.0. The number of carbonyl (C=O) groups is 4. The number of nitrogens with one attached hydrogen (secondary N) is 2. The largest absolute Gasteiger partial charge is 0.467 e. The molecule has 7 nitrogen and oxygen atoms in total. The zero-order valence-corrected chi connectivity index (χ0v) is 15.7. The Labute approximate surface area is 157 Å². The van der Waals surface area contributed by atoms with E-state index in [9.17, 15) is 23.6 Å². The first-order valence-corrected chi connectivity index (χ1v) is 8.68. The van der Waals surface area contributed by atoms with Gasteiger partial charge in [-0.2, -0.15) is 0 Å². The second-order valence-corrected chi connectivity index (χ2v) is 6.10. The van der Waals surface area contributed by atoms with Crippen LogP contribution >= 0.6 is 0 Å². The minimum atomic E-state index is -1.01. The number of hydrogen-bond donors (Lipinski definition) is 2. The van der Waals surface area contributed by atoms with Gasteiger partial charge in [-0.3, -0.25) is 14.4 Å². The summed E-state index contributed by atoms with van der Waals surface area (Å²) in [5.41, 5.74) is 0.514. The fourth-order valence-electron chi connectivity index (χ4n) is 2.50. The van der Waals surface area contributed by atoms with E-state index in [1.54, 1.807) is 13.0 Å². The quantitative estimate of drug-likeness (QED) is 0.596. The van der Waals surface area contributed by atoms with Crippen LogP contribution in [0.4, 0.5) is 4.39 Å². The number of esters is 1. The van der Waals surface area contributed by atoms with Gasteiger partial charge in [0.1, 0.15) is 23.7 Å². The maximum absolute atomic E-state index is 13.4. The van der Waals surface area contributed by atoms with E-state index >= 15 is 0 Å². The highest BCUT2D eigenvalue weighted by molar-refractivity contribution is 5.90. The summed E-state index contributed by atoms with van der Waals surface area (Å²) in [6, 6.07) is 3.65. The summed E-state index contributed by atoms with van der Waals surface area (Å²) in [5.74, 6) is -2.24. The van der Waals surface area contributed by atoms with Gasteiger partial charge in [0, 0.05) is 26.2 Å². The molecule has 2 amide bonds. The first-order valence-electron chi connectivity index (χ1n) is 8.68. The molecular weight excluding hydrogens is 355 g/mol. The van der Waals surface area contributed by atoms with Gasteiger partial charge in [0.15, 0.2) is 0 Å². The minimum absolute atomic E-state index is 0.0451. The van der Waals surface area contributed by atoms with Gasteiger partial charge in [0.25, 0.3) is 0 Å².